The summed E-state index contributed by atoms with van der Waals surface area (Å²) in [5, 5.41) is 10.8. The summed E-state index contributed by atoms with van der Waals surface area (Å²) < 4.78 is 4.85. The summed E-state index contributed by atoms with van der Waals surface area (Å²) >= 11 is 0. The molecule has 0 spiro atoms. The molecule has 5 N–H and O–H groups in total. The van der Waals surface area contributed by atoms with Gasteiger partial charge < -0.3 is 10.5 Å². The smallest absolute Gasteiger partial charge is 0.308 e. The highest BCUT2D eigenvalue weighted by molar-refractivity contribution is 5.72. The fourth-order valence-electron chi connectivity index (χ4n) is 4.37. The van der Waals surface area contributed by atoms with Gasteiger partial charge in [-0.1, -0.05) is 12.8 Å². The van der Waals surface area contributed by atoms with Gasteiger partial charge in [0.2, 0.25) is 0 Å². The van der Waals surface area contributed by atoms with Crippen molar-refractivity contribution < 1.29 is 9.53 Å². The quantitative estimate of drug-likeness (QED) is 0.572. The normalized spacial score (nSPS) is 42.5. The molecule has 4 unspecified atom stereocenters. The molecule has 3 rings (SSSR count). The maximum atomic E-state index is 11.6. The highest BCUT2D eigenvalue weighted by Gasteiger charge is 2.37. The Bertz CT molecular complexity index is 384. The Hall–Kier alpha value is -0.690. The third-order valence-corrected chi connectivity index (χ3v) is 5.68. The molecule has 2 aliphatic carbocycles. The first-order valence-corrected chi connectivity index (χ1v) is 8.79. The Kier molecular flexibility index (Phi) is 5.33. The Morgan fingerprint density at radius 2 is 1.82 bits per heavy atom. The van der Waals surface area contributed by atoms with E-state index in [0.717, 1.165) is 25.7 Å². The van der Waals surface area contributed by atoms with Crippen LogP contribution in [0.3, 0.4) is 0 Å². The molecule has 0 bridgehead atoms. The number of esters is 1. The summed E-state index contributed by atoms with van der Waals surface area (Å²) in [6.07, 6.45) is 9.09. The van der Waals surface area contributed by atoms with Crippen LogP contribution in [0.25, 0.3) is 0 Å². The van der Waals surface area contributed by atoms with E-state index in [-0.39, 0.29) is 24.3 Å². The molecule has 1 heterocycles. The molecule has 6 nitrogen and oxygen atoms in total. The van der Waals surface area contributed by atoms with E-state index >= 15 is 0 Å². The number of nitrogens with one attached hydrogen (secondary N) is 3. The summed E-state index contributed by atoms with van der Waals surface area (Å²) in [4.78, 5) is 11.6. The molecule has 1 aliphatic heterocycles. The van der Waals surface area contributed by atoms with Gasteiger partial charge in [-0.15, -0.1) is 0 Å². The van der Waals surface area contributed by atoms with Crippen molar-refractivity contribution in [2.45, 2.75) is 75.9 Å². The van der Waals surface area contributed by atoms with Crippen molar-refractivity contribution >= 4 is 5.97 Å². The van der Waals surface area contributed by atoms with E-state index in [1.807, 2.05) is 0 Å². The van der Waals surface area contributed by atoms with Crippen LogP contribution in [-0.4, -0.2) is 37.6 Å². The number of hydrogen-bond acceptors (Lipinski definition) is 6. The second kappa shape index (κ2) is 7.25. The van der Waals surface area contributed by atoms with Gasteiger partial charge in [-0.05, 0) is 38.5 Å². The van der Waals surface area contributed by atoms with Gasteiger partial charge in [0.25, 0.3) is 0 Å². The van der Waals surface area contributed by atoms with Gasteiger partial charge in [0, 0.05) is 18.0 Å². The predicted molar refractivity (Wildman–Crippen MR) is 84.7 cm³/mol. The van der Waals surface area contributed by atoms with Crippen LogP contribution >= 0.6 is 0 Å². The average molecular weight is 310 g/mol. The first kappa shape index (κ1) is 16.2. The standard InChI is InChI=1S/C16H30N4O2/c1-22-15(21)10-6-8-11(9-7-10)18-16-19-13-5-3-2-4-12(13)14(17)20-16/h10-14,16,18-20H,2-9,17H2,1H3. The number of carbonyl (C=O) groups is 1. The molecule has 3 fully saturated rings. The first-order valence-electron chi connectivity index (χ1n) is 8.79. The lowest BCUT2D eigenvalue weighted by molar-refractivity contribution is -0.146. The van der Waals surface area contributed by atoms with Crippen LogP contribution in [-0.2, 0) is 9.53 Å². The molecule has 2 saturated carbocycles. The van der Waals surface area contributed by atoms with Crippen LogP contribution in [0.15, 0.2) is 0 Å². The maximum Gasteiger partial charge on any atom is 0.308 e. The Morgan fingerprint density at radius 3 is 2.55 bits per heavy atom. The lowest BCUT2D eigenvalue weighted by atomic mass is 9.81. The minimum absolute atomic E-state index is 0.0561. The molecule has 1 saturated heterocycles. The number of methoxy groups -OCH3 is 1. The van der Waals surface area contributed by atoms with Crippen LogP contribution in [0.1, 0.15) is 51.4 Å². The molecule has 4 atom stereocenters. The minimum Gasteiger partial charge on any atom is -0.469 e. The second-order valence-corrected chi connectivity index (χ2v) is 7.09. The van der Waals surface area contributed by atoms with Gasteiger partial charge in [-0.2, -0.15) is 0 Å². The van der Waals surface area contributed by atoms with Crippen LogP contribution in [0.5, 0.6) is 0 Å². The lowest BCUT2D eigenvalue weighted by Crippen LogP contribution is -2.71. The van der Waals surface area contributed by atoms with E-state index in [2.05, 4.69) is 16.0 Å². The van der Waals surface area contributed by atoms with Gasteiger partial charge in [0.05, 0.1) is 19.2 Å². The number of carbonyl (C=O) groups excluding carboxylic acids is 1. The molecule has 22 heavy (non-hydrogen) atoms. The van der Waals surface area contributed by atoms with Crippen molar-refractivity contribution in [3.05, 3.63) is 0 Å². The van der Waals surface area contributed by atoms with Crippen LogP contribution in [0.4, 0.5) is 0 Å². The van der Waals surface area contributed by atoms with Crippen molar-refractivity contribution in [1.29, 1.82) is 0 Å². The van der Waals surface area contributed by atoms with Crippen molar-refractivity contribution in [3.63, 3.8) is 0 Å². The third kappa shape index (κ3) is 3.62. The summed E-state index contributed by atoms with van der Waals surface area (Å²) in [6, 6.07) is 0.979. The number of fused-ring (bicyclic) bond motifs is 1. The molecule has 126 valence electrons. The largest absolute Gasteiger partial charge is 0.469 e. The van der Waals surface area contributed by atoms with Gasteiger partial charge in [0.1, 0.15) is 6.29 Å². The Balaban J connectivity index is 1.47. The third-order valence-electron chi connectivity index (χ3n) is 5.68. The van der Waals surface area contributed by atoms with E-state index < -0.39 is 0 Å². The van der Waals surface area contributed by atoms with Gasteiger partial charge >= 0.3 is 5.97 Å². The van der Waals surface area contributed by atoms with Crippen molar-refractivity contribution in [1.82, 2.24) is 16.0 Å². The maximum absolute atomic E-state index is 11.6. The molecule has 6 heteroatoms. The predicted octanol–water partition coefficient (Wildman–Crippen LogP) is 0.628. The van der Waals surface area contributed by atoms with Gasteiger partial charge in [-0.3, -0.25) is 20.7 Å². The molecule has 0 amide bonds. The Morgan fingerprint density at radius 1 is 1.09 bits per heavy atom. The summed E-state index contributed by atoms with van der Waals surface area (Å²) in [6.45, 7) is 0. The number of rotatable bonds is 3. The zero-order valence-corrected chi connectivity index (χ0v) is 13.5. The average Bonchev–Trinajstić information content (AvgIpc) is 2.55. The molecular weight excluding hydrogens is 280 g/mol. The molecule has 3 aliphatic rings. The fourth-order valence-corrected chi connectivity index (χ4v) is 4.37. The number of ether oxygens (including phenoxy) is 1. The summed E-state index contributed by atoms with van der Waals surface area (Å²) in [7, 11) is 1.48. The minimum atomic E-state index is -0.0561. The molecule has 0 aromatic carbocycles. The molecule has 0 aromatic rings. The lowest BCUT2D eigenvalue weighted by Gasteiger charge is -2.46. The van der Waals surface area contributed by atoms with Crippen LogP contribution < -0.4 is 21.7 Å². The zero-order valence-electron chi connectivity index (χ0n) is 13.5. The Labute approximate surface area is 132 Å². The van der Waals surface area contributed by atoms with E-state index in [1.165, 1.54) is 32.8 Å². The number of hydrogen-bond donors (Lipinski definition) is 4. The fraction of sp³-hybridized carbons (Fsp3) is 0.938. The van der Waals surface area contributed by atoms with Gasteiger partial charge in [-0.25, -0.2) is 0 Å². The van der Waals surface area contributed by atoms with E-state index in [4.69, 9.17) is 10.5 Å². The van der Waals surface area contributed by atoms with Crippen LogP contribution in [0, 0.1) is 11.8 Å². The van der Waals surface area contributed by atoms with Crippen molar-refractivity contribution in [2.75, 3.05) is 7.11 Å². The molecular formula is C16H30N4O2. The highest BCUT2D eigenvalue weighted by Crippen LogP contribution is 2.29. The van der Waals surface area contributed by atoms with E-state index in [9.17, 15) is 4.79 Å². The van der Waals surface area contributed by atoms with E-state index in [0.29, 0.717) is 18.0 Å². The monoisotopic (exact) mass is 310 g/mol. The highest BCUT2D eigenvalue weighted by atomic mass is 16.5. The van der Waals surface area contributed by atoms with Crippen LogP contribution in [0.2, 0.25) is 0 Å². The zero-order chi connectivity index (χ0) is 15.5. The topological polar surface area (TPSA) is 88.4 Å². The SMILES string of the molecule is COC(=O)C1CCC(NC2NC(N)C3CCCCC3N2)CC1. The summed E-state index contributed by atoms with van der Waals surface area (Å²) in [5.41, 5.74) is 6.31. The van der Waals surface area contributed by atoms with Crippen molar-refractivity contribution in [2.24, 2.45) is 17.6 Å². The number of nitrogens with two attached hydrogens (primary N) is 1. The first-order chi connectivity index (χ1) is 10.7. The van der Waals surface area contributed by atoms with Crippen molar-refractivity contribution in [3.8, 4) is 0 Å². The molecule has 0 radical (unpaired) electrons. The second-order valence-electron chi connectivity index (χ2n) is 7.09. The van der Waals surface area contributed by atoms with E-state index in [1.54, 1.807) is 0 Å². The molecule has 0 aromatic heterocycles. The van der Waals surface area contributed by atoms with Gasteiger partial charge in [0.15, 0.2) is 0 Å². The summed E-state index contributed by atoms with van der Waals surface area (Å²) in [5.74, 6) is 0.585.